The van der Waals surface area contributed by atoms with E-state index in [2.05, 4.69) is 10.6 Å². The highest BCUT2D eigenvalue weighted by Crippen LogP contribution is 2.55. The van der Waals surface area contributed by atoms with Gasteiger partial charge in [-0.3, -0.25) is 19.3 Å². The van der Waals surface area contributed by atoms with Crippen LogP contribution in [-0.4, -0.2) is 56.0 Å². The molecule has 2 saturated heterocycles. The van der Waals surface area contributed by atoms with Crippen LogP contribution in [0.2, 0.25) is 0 Å². The Morgan fingerprint density at radius 1 is 1.46 bits per heavy atom. The number of fused-ring (bicyclic) bond motifs is 1. The lowest BCUT2D eigenvalue weighted by Gasteiger charge is -2.49. The van der Waals surface area contributed by atoms with Crippen molar-refractivity contribution < 1.29 is 24.3 Å². The maximum Gasteiger partial charge on any atom is 0.352 e. The fraction of sp³-hybridized carbons (Fsp3) is 0.467. The van der Waals surface area contributed by atoms with Crippen LogP contribution in [0.5, 0.6) is 0 Å². The molecular weight excluding hydrogens is 380 g/mol. The van der Waals surface area contributed by atoms with Gasteiger partial charge in [-0.15, -0.1) is 23.1 Å². The predicted octanol–water partition coefficient (Wildman–Crippen LogP) is -0.547. The zero-order valence-corrected chi connectivity index (χ0v) is 15.6. The molecule has 0 aromatic carbocycles. The Balaban J connectivity index is 1.94. The highest BCUT2D eigenvalue weighted by molar-refractivity contribution is 8.01. The number of aliphatic carboxylic acids is 1. The average Bonchev–Trinajstić information content (AvgIpc) is 3.17. The first-order valence-electron chi connectivity index (χ1n) is 7.72. The minimum absolute atomic E-state index is 0.402. The summed E-state index contributed by atoms with van der Waals surface area (Å²) >= 11 is 2.49. The molecule has 3 amide bonds. The average molecular weight is 398 g/mol. The molecule has 0 bridgehead atoms. The monoisotopic (exact) mass is 398 g/mol. The zero-order chi connectivity index (χ0) is 19.3. The van der Waals surface area contributed by atoms with E-state index < -0.39 is 45.7 Å². The summed E-state index contributed by atoms with van der Waals surface area (Å²) in [6, 6.07) is 1.55. The second kappa shape index (κ2) is 6.25. The Hall–Kier alpha value is -2.11. The van der Waals surface area contributed by atoms with Gasteiger partial charge < -0.3 is 21.5 Å². The molecule has 0 radical (unpaired) electrons. The van der Waals surface area contributed by atoms with Crippen molar-refractivity contribution in [2.24, 2.45) is 5.73 Å². The number of rotatable bonds is 6. The summed E-state index contributed by atoms with van der Waals surface area (Å²) in [5.41, 5.74) is 3.99. The Bertz CT molecular complexity index is 768. The molecule has 140 valence electrons. The van der Waals surface area contributed by atoms with Crippen molar-refractivity contribution in [3.8, 4) is 0 Å². The molecule has 3 rings (SSSR count). The fourth-order valence-corrected chi connectivity index (χ4v) is 5.76. The standard InChI is InChI=1S/C15H18N4O5S2/c1-14(2)15(13(23)24,18-10(21)8(16)7-4-3-5-25-7)19-11(22)9(17-6-20)12(19)26-14/h3-6,8-9,12H,16H2,1-2H3,(H,17,20)(H,18,21)(H,23,24)/t8?,9-,12-,15+/m1/s1. The lowest BCUT2D eigenvalue weighted by molar-refractivity contribution is -0.176. The molecule has 0 saturated carbocycles. The molecule has 1 aromatic heterocycles. The number of hydrogen-bond donors (Lipinski definition) is 4. The summed E-state index contributed by atoms with van der Waals surface area (Å²) < 4.78 is -1.05. The van der Waals surface area contributed by atoms with Crippen LogP contribution in [0.1, 0.15) is 24.8 Å². The Labute approximate surface area is 157 Å². The van der Waals surface area contributed by atoms with Crippen molar-refractivity contribution in [1.29, 1.82) is 0 Å². The number of carboxylic acids is 1. The van der Waals surface area contributed by atoms with Crippen LogP contribution < -0.4 is 16.4 Å². The lowest BCUT2D eigenvalue weighted by atomic mass is 9.88. The minimum atomic E-state index is -1.97. The highest BCUT2D eigenvalue weighted by Gasteiger charge is 2.73. The number of carboxylic acid groups (broad SMARTS) is 1. The SMILES string of the molecule is CC1(C)S[C@@H]2[C@H](NC=O)C(=O)N2[C@@]1(NC(=O)C(N)c1cccs1)C(=O)O. The number of thioether (sulfide) groups is 1. The summed E-state index contributed by atoms with van der Waals surface area (Å²) in [6.07, 6.45) is 0.402. The Kier molecular flexibility index (Phi) is 4.49. The first kappa shape index (κ1) is 18.7. The molecular formula is C15H18N4O5S2. The van der Waals surface area contributed by atoms with Gasteiger partial charge in [0.25, 0.3) is 5.91 Å². The molecule has 0 spiro atoms. The van der Waals surface area contributed by atoms with Crippen molar-refractivity contribution in [3.05, 3.63) is 22.4 Å². The molecule has 2 fully saturated rings. The van der Waals surface area contributed by atoms with Crippen LogP contribution in [0, 0.1) is 0 Å². The van der Waals surface area contributed by atoms with Crippen LogP contribution in [0.3, 0.4) is 0 Å². The van der Waals surface area contributed by atoms with E-state index >= 15 is 0 Å². The van der Waals surface area contributed by atoms with Gasteiger partial charge >= 0.3 is 5.97 Å². The van der Waals surface area contributed by atoms with Crippen molar-refractivity contribution in [1.82, 2.24) is 15.5 Å². The maximum atomic E-state index is 12.7. The molecule has 2 aliphatic rings. The molecule has 26 heavy (non-hydrogen) atoms. The van der Waals surface area contributed by atoms with Gasteiger partial charge in [0.1, 0.15) is 17.5 Å². The van der Waals surface area contributed by atoms with Crippen LogP contribution in [0.25, 0.3) is 0 Å². The number of nitrogens with one attached hydrogen (secondary N) is 2. The second-order valence-corrected chi connectivity index (χ2v) is 9.21. The topological polar surface area (TPSA) is 142 Å². The molecule has 3 heterocycles. The van der Waals surface area contributed by atoms with Crippen LogP contribution in [0.15, 0.2) is 17.5 Å². The van der Waals surface area contributed by atoms with Gasteiger partial charge in [-0.05, 0) is 25.3 Å². The number of hydrogen-bond acceptors (Lipinski definition) is 7. The normalized spacial score (nSPS) is 30.1. The van der Waals surface area contributed by atoms with Gasteiger partial charge in [0.15, 0.2) is 0 Å². The number of carbonyl (C=O) groups is 4. The summed E-state index contributed by atoms with van der Waals surface area (Å²) in [6.45, 7) is 3.26. The molecule has 1 aromatic rings. The van der Waals surface area contributed by atoms with E-state index in [-0.39, 0.29) is 0 Å². The quantitative estimate of drug-likeness (QED) is 0.372. The number of thiophene rings is 1. The van der Waals surface area contributed by atoms with E-state index in [1.807, 2.05) is 0 Å². The third-order valence-electron chi connectivity index (χ3n) is 4.68. The third-order valence-corrected chi connectivity index (χ3v) is 7.25. The first-order valence-corrected chi connectivity index (χ1v) is 9.48. The number of amides is 3. The minimum Gasteiger partial charge on any atom is -0.478 e. The van der Waals surface area contributed by atoms with Crippen LogP contribution in [-0.2, 0) is 19.2 Å². The number of β-lactam (4-membered cyclic amide) rings is 1. The second-order valence-electron chi connectivity index (χ2n) is 6.49. The lowest BCUT2D eigenvalue weighted by Crippen LogP contribution is -2.80. The van der Waals surface area contributed by atoms with Gasteiger partial charge in [0, 0.05) is 4.88 Å². The largest absolute Gasteiger partial charge is 0.478 e. The highest BCUT2D eigenvalue weighted by atomic mass is 32.2. The molecule has 0 aliphatic carbocycles. The van der Waals surface area contributed by atoms with E-state index in [1.165, 1.54) is 23.1 Å². The van der Waals surface area contributed by atoms with Gasteiger partial charge in [-0.1, -0.05) is 6.07 Å². The number of carbonyl (C=O) groups excluding carboxylic acids is 3. The van der Waals surface area contributed by atoms with E-state index in [4.69, 9.17) is 5.73 Å². The Morgan fingerprint density at radius 3 is 2.69 bits per heavy atom. The van der Waals surface area contributed by atoms with Crippen molar-refractivity contribution in [2.45, 2.75) is 41.7 Å². The molecule has 9 nitrogen and oxygen atoms in total. The van der Waals surface area contributed by atoms with Gasteiger partial charge in [-0.25, -0.2) is 4.79 Å². The van der Waals surface area contributed by atoms with Crippen LogP contribution >= 0.6 is 23.1 Å². The zero-order valence-electron chi connectivity index (χ0n) is 14.0. The number of nitrogens with zero attached hydrogens (tertiary/aromatic N) is 1. The smallest absolute Gasteiger partial charge is 0.352 e. The third kappa shape index (κ3) is 2.42. The summed E-state index contributed by atoms with van der Waals surface area (Å²) in [7, 11) is 0. The molecule has 5 N–H and O–H groups in total. The fourth-order valence-electron chi connectivity index (χ4n) is 3.32. The molecule has 2 aliphatic heterocycles. The van der Waals surface area contributed by atoms with Gasteiger partial charge in [0.2, 0.25) is 18.0 Å². The maximum absolute atomic E-state index is 12.7. The van der Waals surface area contributed by atoms with E-state index in [0.29, 0.717) is 11.3 Å². The summed E-state index contributed by atoms with van der Waals surface area (Å²) in [4.78, 5) is 49.8. The molecule has 4 atom stereocenters. The molecule has 11 heteroatoms. The molecule has 1 unspecified atom stereocenters. The van der Waals surface area contributed by atoms with E-state index in [0.717, 1.165) is 4.90 Å². The van der Waals surface area contributed by atoms with Crippen molar-refractivity contribution in [3.63, 3.8) is 0 Å². The Morgan fingerprint density at radius 2 is 2.15 bits per heavy atom. The van der Waals surface area contributed by atoms with Gasteiger partial charge in [0.05, 0.1) is 4.75 Å². The van der Waals surface area contributed by atoms with Crippen LogP contribution in [0.4, 0.5) is 0 Å². The number of nitrogens with two attached hydrogens (primary N) is 1. The van der Waals surface area contributed by atoms with E-state index in [9.17, 15) is 24.3 Å². The van der Waals surface area contributed by atoms with E-state index in [1.54, 1.807) is 31.4 Å². The van der Waals surface area contributed by atoms with Crippen molar-refractivity contribution in [2.75, 3.05) is 0 Å². The summed E-state index contributed by atoms with van der Waals surface area (Å²) in [5, 5.41) is 16.0. The van der Waals surface area contributed by atoms with Crippen molar-refractivity contribution >= 4 is 47.3 Å². The summed E-state index contributed by atoms with van der Waals surface area (Å²) in [5.74, 6) is -2.61. The predicted molar refractivity (Wildman–Crippen MR) is 95.0 cm³/mol. The van der Waals surface area contributed by atoms with Gasteiger partial charge in [-0.2, -0.15) is 0 Å². The first-order chi connectivity index (χ1) is 12.2.